The number of esters is 1. The van der Waals surface area contributed by atoms with Crippen molar-refractivity contribution in [1.82, 2.24) is 0 Å². The van der Waals surface area contributed by atoms with E-state index in [1.54, 1.807) is 14.0 Å². The molecule has 2 aliphatic rings. The smallest absolute Gasteiger partial charge is 0.356 e. The van der Waals surface area contributed by atoms with Crippen molar-refractivity contribution in [2.24, 2.45) is 5.16 Å². The summed E-state index contributed by atoms with van der Waals surface area (Å²) in [5.41, 5.74) is -1.05. The maximum atomic E-state index is 12.1. The molecule has 1 fully saturated rings. The number of ether oxygens (including phenoxy) is 2. The van der Waals surface area contributed by atoms with Gasteiger partial charge in [0.25, 0.3) is 5.60 Å². The van der Waals surface area contributed by atoms with E-state index in [0.717, 1.165) is 18.6 Å². The molecule has 0 N–H and O–H groups in total. The SMILES string of the molecule is CCOC(=O)C12CCCC1(OC)C(C)=NO2. The van der Waals surface area contributed by atoms with Crippen molar-refractivity contribution in [3.05, 3.63) is 0 Å². The molecular formula is C11H17NO4. The lowest BCUT2D eigenvalue weighted by molar-refractivity contribution is -0.188. The Morgan fingerprint density at radius 1 is 1.56 bits per heavy atom. The Morgan fingerprint density at radius 3 is 2.94 bits per heavy atom. The third-order valence-electron chi connectivity index (χ3n) is 3.59. The van der Waals surface area contributed by atoms with Gasteiger partial charge in [-0.25, -0.2) is 4.79 Å². The van der Waals surface area contributed by atoms with Crippen molar-refractivity contribution >= 4 is 11.7 Å². The fraction of sp³-hybridized carbons (Fsp3) is 0.818. The summed E-state index contributed by atoms with van der Waals surface area (Å²) in [4.78, 5) is 17.4. The molecule has 1 aliphatic heterocycles. The van der Waals surface area contributed by atoms with Crippen molar-refractivity contribution in [2.45, 2.75) is 44.3 Å². The zero-order chi connectivity index (χ0) is 11.8. The Balaban J connectivity index is 2.37. The van der Waals surface area contributed by atoms with E-state index in [4.69, 9.17) is 14.3 Å². The van der Waals surface area contributed by atoms with Crippen molar-refractivity contribution in [3.8, 4) is 0 Å². The van der Waals surface area contributed by atoms with Gasteiger partial charge in [-0.2, -0.15) is 0 Å². The number of carbonyl (C=O) groups is 1. The highest BCUT2D eigenvalue weighted by Gasteiger charge is 2.69. The lowest BCUT2D eigenvalue weighted by atomic mass is 9.83. The summed E-state index contributed by atoms with van der Waals surface area (Å²) in [5.74, 6) is -0.366. The molecule has 2 atom stereocenters. The van der Waals surface area contributed by atoms with Crippen LogP contribution in [0.3, 0.4) is 0 Å². The first kappa shape index (κ1) is 11.4. The fourth-order valence-corrected chi connectivity index (χ4v) is 2.77. The normalized spacial score (nSPS) is 36.6. The van der Waals surface area contributed by atoms with E-state index in [2.05, 4.69) is 5.16 Å². The van der Waals surface area contributed by atoms with Crippen LogP contribution in [-0.2, 0) is 19.1 Å². The van der Waals surface area contributed by atoms with Gasteiger partial charge in [-0.05, 0) is 26.7 Å². The van der Waals surface area contributed by atoms with Crippen LogP contribution in [0.2, 0.25) is 0 Å². The van der Waals surface area contributed by atoms with Crippen molar-refractivity contribution in [1.29, 1.82) is 0 Å². The summed E-state index contributed by atoms with van der Waals surface area (Å²) < 4.78 is 10.6. The zero-order valence-electron chi connectivity index (χ0n) is 9.91. The summed E-state index contributed by atoms with van der Waals surface area (Å²) in [6, 6.07) is 0. The molecule has 0 aromatic carbocycles. The van der Waals surface area contributed by atoms with E-state index < -0.39 is 11.2 Å². The van der Waals surface area contributed by atoms with Crippen LogP contribution in [0.25, 0.3) is 0 Å². The number of rotatable bonds is 3. The predicted molar refractivity (Wildman–Crippen MR) is 57.1 cm³/mol. The second-order valence-electron chi connectivity index (χ2n) is 4.20. The second kappa shape index (κ2) is 3.73. The van der Waals surface area contributed by atoms with Crippen LogP contribution >= 0.6 is 0 Å². The van der Waals surface area contributed by atoms with Gasteiger partial charge >= 0.3 is 5.97 Å². The van der Waals surface area contributed by atoms with Crippen LogP contribution < -0.4 is 0 Å². The summed E-state index contributed by atoms with van der Waals surface area (Å²) >= 11 is 0. The van der Waals surface area contributed by atoms with E-state index >= 15 is 0 Å². The predicted octanol–water partition coefficient (Wildman–Crippen LogP) is 1.26. The monoisotopic (exact) mass is 227 g/mol. The van der Waals surface area contributed by atoms with E-state index in [9.17, 15) is 4.79 Å². The lowest BCUT2D eigenvalue weighted by Gasteiger charge is -2.34. The zero-order valence-corrected chi connectivity index (χ0v) is 9.91. The molecule has 2 unspecified atom stereocenters. The molecule has 0 amide bonds. The van der Waals surface area contributed by atoms with Gasteiger partial charge in [0.1, 0.15) is 0 Å². The molecule has 1 aliphatic carbocycles. The molecule has 0 saturated heterocycles. The Morgan fingerprint density at radius 2 is 2.31 bits per heavy atom. The van der Waals surface area contributed by atoms with Gasteiger partial charge in [0.15, 0.2) is 5.60 Å². The highest BCUT2D eigenvalue weighted by atomic mass is 16.7. The van der Waals surface area contributed by atoms with Crippen molar-refractivity contribution in [2.75, 3.05) is 13.7 Å². The minimum atomic E-state index is -1.05. The standard InChI is InChI=1S/C11H17NO4/c1-4-15-9(13)11-7-5-6-10(11,14-3)8(2)12-16-11/h4-7H2,1-3H3. The minimum absolute atomic E-state index is 0.336. The Kier molecular flexibility index (Phi) is 2.66. The van der Waals surface area contributed by atoms with Gasteiger partial charge in [0.2, 0.25) is 0 Å². The van der Waals surface area contributed by atoms with Crippen LogP contribution in [0.4, 0.5) is 0 Å². The average molecular weight is 227 g/mol. The van der Waals surface area contributed by atoms with E-state index in [1.165, 1.54) is 0 Å². The molecular weight excluding hydrogens is 210 g/mol. The first-order valence-electron chi connectivity index (χ1n) is 5.58. The average Bonchev–Trinajstić information content (AvgIpc) is 2.77. The highest BCUT2D eigenvalue weighted by molar-refractivity contribution is 6.00. The van der Waals surface area contributed by atoms with Gasteiger partial charge < -0.3 is 14.3 Å². The van der Waals surface area contributed by atoms with Gasteiger partial charge in [-0.3, -0.25) is 0 Å². The van der Waals surface area contributed by atoms with Gasteiger partial charge in [0, 0.05) is 13.5 Å². The van der Waals surface area contributed by atoms with E-state index in [1.807, 2.05) is 6.92 Å². The maximum Gasteiger partial charge on any atom is 0.356 e. The molecule has 2 rings (SSSR count). The highest BCUT2D eigenvalue weighted by Crippen LogP contribution is 2.49. The molecule has 0 bridgehead atoms. The quantitative estimate of drug-likeness (QED) is 0.681. The van der Waals surface area contributed by atoms with Gasteiger partial charge in [0.05, 0.1) is 12.3 Å². The summed E-state index contributed by atoms with van der Waals surface area (Å²) in [7, 11) is 1.59. The molecule has 0 radical (unpaired) electrons. The van der Waals surface area contributed by atoms with Crippen molar-refractivity contribution < 1.29 is 19.1 Å². The lowest BCUT2D eigenvalue weighted by Crippen LogP contribution is -2.58. The third-order valence-corrected chi connectivity index (χ3v) is 3.59. The fourth-order valence-electron chi connectivity index (χ4n) is 2.77. The molecule has 0 spiro atoms. The Hall–Kier alpha value is -1.10. The third kappa shape index (κ3) is 1.15. The largest absolute Gasteiger partial charge is 0.463 e. The minimum Gasteiger partial charge on any atom is -0.463 e. The first-order chi connectivity index (χ1) is 7.63. The van der Waals surface area contributed by atoms with Crippen LogP contribution in [0, 0.1) is 0 Å². The summed E-state index contributed by atoms with van der Waals surface area (Å²) in [6.45, 7) is 3.94. The van der Waals surface area contributed by atoms with Crippen LogP contribution in [0.15, 0.2) is 5.16 Å². The maximum absolute atomic E-state index is 12.1. The number of hydrogen-bond acceptors (Lipinski definition) is 5. The Bertz CT molecular complexity index is 341. The molecule has 1 saturated carbocycles. The van der Waals surface area contributed by atoms with Crippen molar-refractivity contribution in [3.63, 3.8) is 0 Å². The van der Waals surface area contributed by atoms with Gasteiger partial charge in [-0.1, -0.05) is 5.16 Å². The number of methoxy groups -OCH3 is 1. The summed E-state index contributed by atoms with van der Waals surface area (Å²) in [6.07, 6.45) is 2.22. The number of hydrogen-bond donors (Lipinski definition) is 0. The number of fused-ring (bicyclic) bond motifs is 1. The van der Waals surface area contributed by atoms with Crippen LogP contribution in [-0.4, -0.2) is 36.6 Å². The molecule has 1 heterocycles. The second-order valence-corrected chi connectivity index (χ2v) is 4.20. The number of oxime groups is 1. The van der Waals surface area contributed by atoms with Crippen LogP contribution in [0.1, 0.15) is 33.1 Å². The van der Waals surface area contributed by atoms with E-state index in [0.29, 0.717) is 13.0 Å². The molecule has 16 heavy (non-hydrogen) atoms. The van der Waals surface area contributed by atoms with Crippen LogP contribution in [0.5, 0.6) is 0 Å². The topological polar surface area (TPSA) is 57.1 Å². The molecule has 90 valence electrons. The first-order valence-corrected chi connectivity index (χ1v) is 5.58. The molecule has 0 aromatic rings. The molecule has 5 nitrogen and oxygen atoms in total. The van der Waals surface area contributed by atoms with Gasteiger partial charge in [-0.15, -0.1) is 0 Å². The number of nitrogens with zero attached hydrogens (tertiary/aromatic N) is 1. The Labute approximate surface area is 94.7 Å². The summed E-state index contributed by atoms with van der Waals surface area (Å²) in [5, 5.41) is 3.93. The number of carbonyl (C=O) groups excluding carboxylic acids is 1. The molecule has 0 aromatic heterocycles. The molecule has 5 heteroatoms. The van der Waals surface area contributed by atoms with E-state index in [-0.39, 0.29) is 5.97 Å².